The van der Waals surface area contributed by atoms with Gasteiger partial charge in [-0.25, -0.2) is 5.43 Å². The highest BCUT2D eigenvalue weighted by atomic mass is 16.2. The lowest BCUT2D eigenvalue weighted by Gasteiger charge is -2.02. The molecular weight excluding hydrogens is 250 g/mol. The minimum absolute atomic E-state index is 0.326. The lowest BCUT2D eigenvalue weighted by molar-refractivity contribution is 0.0956. The Morgan fingerprint density at radius 1 is 1.05 bits per heavy atom. The van der Waals surface area contributed by atoms with Gasteiger partial charge in [-0.15, -0.1) is 0 Å². The fourth-order valence-corrected chi connectivity index (χ4v) is 1.62. The lowest BCUT2D eigenvalue weighted by atomic mass is 10.2. The molecule has 0 saturated carbocycles. The first kappa shape index (κ1) is 13.5. The summed E-state index contributed by atoms with van der Waals surface area (Å²) in [5.41, 5.74) is 10.0. The minimum atomic E-state index is -0.326. The lowest BCUT2D eigenvalue weighted by Crippen LogP contribution is -2.18. The molecule has 3 N–H and O–H groups in total. The van der Waals surface area contributed by atoms with Gasteiger partial charge in [0.25, 0.3) is 5.91 Å². The van der Waals surface area contributed by atoms with Crippen molar-refractivity contribution in [2.45, 2.75) is 0 Å². The summed E-state index contributed by atoms with van der Waals surface area (Å²) in [6, 6.07) is 16.7. The third kappa shape index (κ3) is 3.81. The number of para-hydroxylation sites is 1. The molecule has 0 fully saturated rings. The SMILES string of the molecule is Nc1ccccc1C(=O)NN=CC=Cc1ccccc1. The van der Waals surface area contributed by atoms with Crippen molar-refractivity contribution >= 4 is 23.9 Å². The van der Waals surface area contributed by atoms with Gasteiger partial charge in [0.15, 0.2) is 0 Å². The van der Waals surface area contributed by atoms with Crippen LogP contribution in [0.15, 0.2) is 65.8 Å². The average Bonchev–Trinajstić information content (AvgIpc) is 2.48. The largest absolute Gasteiger partial charge is 0.398 e. The van der Waals surface area contributed by atoms with Crippen molar-refractivity contribution in [1.29, 1.82) is 0 Å². The Kier molecular flexibility index (Phi) is 4.67. The summed E-state index contributed by atoms with van der Waals surface area (Å²) >= 11 is 0. The third-order valence-electron chi connectivity index (χ3n) is 2.62. The molecule has 20 heavy (non-hydrogen) atoms. The maximum Gasteiger partial charge on any atom is 0.273 e. The molecule has 0 aliphatic heterocycles. The molecule has 1 amide bonds. The van der Waals surface area contributed by atoms with E-state index >= 15 is 0 Å². The summed E-state index contributed by atoms with van der Waals surface area (Å²) < 4.78 is 0. The van der Waals surface area contributed by atoms with Crippen LogP contribution in [0.4, 0.5) is 5.69 Å². The smallest absolute Gasteiger partial charge is 0.273 e. The molecule has 0 aliphatic rings. The van der Waals surface area contributed by atoms with E-state index in [2.05, 4.69) is 10.5 Å². The second-order valence-electron chi connectivity index (χ2n) is 4.08. The van der Waals surface area contributed by atoms with Gasteiger partial charge in [0, 0.05) is 11.9 Å². The van der Waals surface area contributed by atoms with E-state index in [0.717, 1.165) is 5.56 Å². The highest BCUT2D eigenvalue weighted by molar-refractivity contribution is 5.99. The average molecular weight is 265 g/mol. The fourth-order valence-electron chi connectivity index (χ4n) is 1.62. The predicted octanol–water partition coefficient (Wildman–Crippen LogP) is 2.70. The number of nitrogens with one attached hydrogen (secondary N) is 1. The number of hydrogen-bond acceptors (Lipinski definition) is 3. The Bertz CT molecular complexity index is 633. The van der Waals surface area contributed by atoms with Crippen molar-refractivity contribution in [3.8, 4) is 0 Å². The topological polar surface area (TPSA) is 67.5 Å². The zero-order chi connectivity index (χ0) is 14.2. The molecule has 4 nitrogen and oxygen atoms in total. The van der Waals surface area contributed by atoms with E-state index in [0.29, 0.717) is 11.3 Å². The van der Waals surface area contributed by atoms with Gasteiger partial charge in [0.2, 0.25) is 0 Å². The first-order chi connectivity index (χ1) is 9.77. The van der Waals surface area contributed by atoms with Gasteiger partial charge in [-0.05, 0) is 23.8 Å². The number of hydrazone groups is 1. The highest BCUT2D eigenvalue weighted by Crippen LogP contribution is 2.09. The van der Waals surface area contributed by atoms with E-state index in [-0.39, 0.29) is 5.91 Å². The van der Waals surface area contributed by atoms with Crippen molar-refractivity contribution in [3.63, 3.8) is 0 Å². The van der Waals surface area contributed by atoms with Gasteiger partial charge in [-0.1, -0.05) is 48.5 Å². The fraction of sp³-hybridized carbons (Fsp3) is 0. The molecule has 2 rings (SSSR count). The van der Waals surface area contributed by atoms with Crippen LogP contribution in [0.2, 0.25) is 0 Å². The number of carbonyl (C=O) groups excluding carboxylic acids is 1. The normalized spacial score (nSPS) is 11.0. The Labute approximate surface area is 117 Å². The second-order valence-corrected chi connectivity index (χ2v) is 4.08. The Hall–Kier alpha value is -2.88. The molecule has 2 aromatic carbocycles. The monoisotopic (exact) mass is 265 g/mol. The van der Waals surface area contributed by atoms with Crippen LogP contribution in [0.25, 0.3) is 6.08 Å². The van der Waals surface area contributed by atoms with Crippen molar-refractivity contribution < 1.29 is 4.79 Å². The van der Waals surface area contributed by atoms with E-state index in [1.165, 1.54) is 6.21 Å². The van der Waals surface area contributed by atoms with Gasteiger partial charge in [-0.3, -0.25) is 4.79 Å². The van der Waals surface area contributed by atoms with E-state index in [1.54, 1.807) is 30.3 Å². The third-order valence-corrected chi connectivity index (χ3v) is 2.62. The van der Waals surface area contributed by atoms with Gasteiger partial charge in [0.05, 0.1) is 5.56 Å². The van der Waals surface area contributed by atoms with Crippen LogP contribution in [0.5, 0.6) is 0 Å². The van der Waals surface area contributed by atoms with Gasteiger partial charge in [-0.2, -0.15) is 5.10 Å². The van der Waals surface area contributed by atoms with E-state index in [9.17, 15) is 4.79 Å². The Morgan fingerprint density at radius 3 is 2.50 bits per heavy atom. The molecule has 0 bridgehead atoms. The molecular formula is C16H15N3O. The molecule has 4 heteroatoms. The van der Waals surface area contributed by atoms with E-state index in [4.69, 9.17) is 5.73 Å². The number of hydrogen-bond donors (Lipinski definition) is 2. The zero-order valence-corrected chi connectivity index (χ0v) is 10.9. The number of rotatable bonds is 4. The summed E-state index contributed by atoms with van der Waals surface area (Å²) in [5.74, 6) is -0.326. The van der Waals surface area contributed by atoms with E-state index < -0.39 is 0 Å². The summed E-state index contributed by atoms with van der Waals surface area (Å²) in [6.45, 7) is 0. The second kappa shape index (κ2) is 6.89. The van der Waals surface area contributed by atoms with Crippen LogP contribution < -0.4 is 11.2 Å². The first-order valence-electron chi connectivity index (χ1n) is 6.17. The molecule has 0 atom stereocenters. The van der Waals surface area contributed by atoms with Gasteiger partial charge < -0.3 is 5.73 Å². The Morgan fingerprint density at radius 2 is 1.75 bits per heavy atom. The molecule has 0 saturated heterocycles. The van der Waals surface area contributed by atoms with Crippen molar-refractivity contribution in [2.75, 3.05) is 5.73 Å². The van der Waals surface area contributed by atoms with Crippen LogP contribution in [0.3, 0.4) is 0 Å². The van der Waals surface area contributed by atoms with Crippen molar-refractivity contribution in [3.05, 3.63) is 71.8 Å². The number of benzene rings is 2. The molecule has 0 spiro atoms. The van der Waals surface area contributed by atoms with Crippen LogP contribution in [-0.2, 0) is 0 Å². The first-order valence-corrected chi connectivity index (χ1v) is 6.17. The highest BCUT2D eigenvalue weighted by Gasteiger charge is 2.06. The summed E-state index contributed by atoms with van der Waals surface area (Å²) in [6.07, 6.45) is 5.17. The molecule has 2 aromatic rings. The summed E-state index contributed by atoms with van der Waals surface area (Å²) in [5, 5.41) is 3.84. The predicted molar refractivity (Wildman–Crippen MR) is 82.3 cm³/mol. The quantitative estimate of drug-likeness (QED) is 0.507. The van der Waals surface area contributed by atoms with E-state index in [1.807, 2.05) is 36.4 Å². The van der Waals surface area contributed by atoms with Crippen LogP contribution in [0, 0.1) is 0 Å². The molecule has 0 radical (unpaired) electrons. The van der Waals surface area contributed by atoms with Gasteiger partial charge in [0.1, 0.15) is 0 Å². The van der Waals surface area contributed by atoms with Crippen LogP contribution in [0.1, 0.15) is 15.9 Å². The number of nitrogen functional groups attached to an aromatic ring is 1. The zero-order valence-electron chi connectivity index (χ0n) is 10.9. The number of anilines is 1. The molecule has 0 aromatic heterocycles. The molecule has 0 aliphatic carbocycles. The number of amides is 1. The number of carbonyl (C=O) groups is 1. The maximum absolute atomic E-state index is 11.8. The number of nitrogens with two attached hydrogens (primary N) is 1. The number of allylic oxidation sites excluding steroid dienone is 1. The van der Waals surface area contributed by atoms with Crippen molar-refractivity contribution in [1.82, 2.24) is 5.43 Å². The number of nitrogens with zero attached hydrogens (tertiary/aromatic N) is 1. The Balaban J connectivity index is 1.89. The summed E-state index contributed by atoms with van der Waals surface area (Å²) in [4.78, 5) is 11.8. The van der Waals surface area contributed by atoms with Crippen LogP contribution >= 0.6 is 0 Å². The standard InChI is InChI=1S/C16H15N3O/c17-15-11-5-4-10-14(15)16(20)19-18-12-6-9-13-7-2-1-3-8-13/h1-12H,17H2,(H,19,20). The van der Waals surface area contributed by atoms with Gasteiger partial charge >= 0.3 is 0 Å². The molecule has 0 unspecified atom stereocenters. The maximum atomic E-state index is 11.8. The van der Waals surface area contributed by atoms with Crippen LogP contribution in [-0.4, -0.2) is 12.1 Å². The van der Waals surface area contributed by atoms with Crippen molar-refractivity contribution in [2.24, 2.45) is 5.10 Å². The minimum Gasteiger partial charge on any atom is -0.398 e. The summed E-state index contributed by atoms with van der Waals surface area (Å²) in [7, 11) is 0. The molecule has 100 valence electrons. The molecule has 0 heterocycles.